The summed E-state index contributed by atoms with van der Waals surface area (Å²) in [7, 11) is 0. The van der Waals surface area contributed by atoms with Crippen LogP contribution in [0.4, 0.5) is 0 Å². The molecule has 1 atom stereocenters. The predicted molar refractivity (Wildman–Crippen MR) is 106 cm³/mol. The van der Waals surface area contributed by atoms with Gasteiger partial charge in [-0.05, 0) is 37.3 Å². The van der Waals surface area contributed by atoms with E-state index in [1.807, 2.05) is 29.2 Å². The average molecular weight is 404 g/mol. The highest BCUT2D eigenvalue weighted by Crippen LogP contribution is 2.26. The molecule has 7 heteroatoms. The molecule has 3 aromatic rings. The van der Waals surface area contributed by atoms with Crippen LogP contribution in [0, 0.1) is 0 Å². The fourth-order valence-electron chi connectivity index (χ4n) is 3.37. The van der Waals surface area contributed by atoms with Crippen molar-refractivity contribution in [2.45, 2.75) is 13.0 Å². The first-order chi connectivity index (χ1) is 13.0. The second kappa shape index (κ2) is 7.50. The van der Waals surface area contributed by atoms with Gasteiger partial charge in [0.25, 0.3) is 5.91 Å². The zero-order valence-corrected chi connectivity index (χ0v) is 16.4. The summed E-state index contributed by atoms with van der Waals surface area (Å²) < 4.78 is 5.89. The molecule has 2 aromatic carbocycles. The second-order valence-corrected chi connectivity index (χ2v) is 7.49. The van der Waals surface area contributed by atoms with Crippen LogP contribution in [0.25, 0.3) is 11.1 Å². The van der Waals surface area contributed by atoms with Crippen LogP contribution in [0.2, 0.25) is 10.0 Å². The lowest BCUT2D eigenvalue weighted by Crippen LogP contribution is -2.49. The SMILES string of the molecule is C[C@H](c1nc2ccccc2o1)N1CCN(C(=O)c2ccc(Cl)cc2Cl)CC1. The van der Waals surface area contributed by atoms with Crippen LogP contribution >= 0.6 is 23.2 Å². The molecule has 1 fully saturated rings. The zero-order chi connectivity index (χ0) is 19.0. The summed E-state index contributed by atoms with van der Waals surface area (Å²) in [5, 5.41) is 0.906. The van der Waals surface area contributed by atoms with Gasteiger partial charge in [0.1, 0.15) is 5.52 Å². The average Bonchev–Trinajstić information content (AvgIpc) is 3.11. The number of hydrogen-bond acceptors (Lipinski definition) is 4. The van der Waals surface area contributed by atoms with Gasteiger partial charge >= 0.3 is 0 Å². The van der Waals surface area contributed by atoms with E-state index >= 15 is 0 Å². The summed E-state index contributed by atoms with van der Waals surface area (Å²) in [6.45, 7) is 4.83. The Labute approximate surface area is 167 Å². The van der Waals surface area contributed by atoms with Crippen LogP contribution in [0.5, 0.6) is 0 Å². The van der Waals surface area contributed by atoms with Crippen LogP contribution in [0.1, 0.15) is 29.2 Å². The Morgan fingerprint density at radius 3 is 2.56 bits per heavy atom. The van der Waals surface area contributed by atoms with Crippen molar-refractivity contribution in [3.63, 3.8) is 0 Å². The molecular formula is C20H19Cl2N3O2. The number of amides is 1. The number of oxazole rings is 1. The minimum atomic E-state index is -0.0640. The van der Waals surface area contributed by atoms with E-state index in [2.05, 4.69) is 16.8 Å². The molecule has 0 saturated carbocycles. The van der Waals surface area contributed by atoms with Crippen molar-refractivity contribution >= 4 is 40.2 Å². The summed E-state index contributed by atoms with van der Waals surface area (Å²) in [5.41, 5.74) is 2.15. The van der Waals surface area contributed by atoms with Crippen LogP contribution in [-0.4, -0.2) is 46.9 Å². The van der Waals surface area contributed by atoms with E-state index in [0.29, 0.717) is 34.6 Å². The largest absolute Gasteiger partial charge is 0.439 e. The highest BCUT2D eigenvalue weighted by Gasteiger charge is 2.28. The number of rotatable bonds is 3. The van der Waals surface area contributed by atoms with E-state index in [-0.39, 0.29) is 11.9 Å². The van der Waals surface area contributed by atoms with Crippen molar-refractivity contribution < 1.29 is 9.21 Å². The third-order valence-electron chi connectivity index (χ3n) is 4.98. The number of piperazine rings is 1. The van der Waals surface area contributed by atoms with Crippen molar-refractivity contribution in [2.24, 2.45) is 0 Å². The maximum atomic E-state index is 12.7. The molecule has 0 unspecified atom stereocenters. The molecule has 0 aliphatic carbocycles. The molecule has 1 saturated heterocycles. The van der Waals surface area contributed by atoms with Gasteiger partial charge in [-0.2, -0.15) is 0 Å². The number of fused-ring (bicyclic) bond motifs is 1. The van der Waals surface area contributed by atoms with Crippen molar-refractivity contribution in [1.29, 1.82) is 0 Å². The monoisotopic (exact) mass is 403 g/mol. The molecule has 27 heavy (non-hydrogen) atoms. The van der Waals surface area contributed by atoms with Gasteiger partial charge in [0.05, 0.1) is 16.6 Å². The van der Waals surface area contributed by atoms with Gasteiger partial charge in [0, 0.05) is 31.2 Å². The summed E-state index contributed by atoms with van der Waals surface area (Å²) in [4.78, 5) is 21.4. The first-order valence-corrected chi connectivity index (χ1v) is 9.62. The lowest BCUT2D eigenvalue weighted by atomic mass is 10.1. The highest BCUT2D eigenvalue weighted by atomic mass is 35.5. The molecule has 1 amide bonds. The Morgan fingerprint density at radius 2 is 1.85 bits per heavy atom. The van der Waals surface area contributed by atoms with Crippen molar-refractivity contribution in [2.75, 3.05) is 26.2 Å². The highest BCUT2D eigenvalue weighted by molar-refractivity contribution is 6.36. The van der Waals surface area contributed by atoms with Crippen LogP contribution in [-0.2, 0) is 0 Å². The van der Waals surface area contributed by atoms with E-state index in [4.69, 9.17) is 27.6 Å². The molecule has 140 valence electrons. The van der Waals surface area contributed by atoms with Gasteiger partial charge in [-0.1, -0.05) is 35.3 Å². The standard InChI is InChI=1S/C20H19Cl2N3O2/c1-13(19-23-17-4-2-3-5-18(17)27-19)24-8-10-25(11-9-24)20(26)15-7-6-14(21)12-16(15)22/h2-7,12-13H,8-11H2,1H3/t13-/m1/s1. The molecule has 2 heterocycles. The summed E-state index contributed by atoms with van der Waals surface area (Å²) in [5.74, 6) is 0.641. The molecular weight excluding hydrogens is 385 g/mol. The van der Waals surface area contributed by atoms with Crippen LogP contribution in [0.3, 0.4) is 0 Å². The number of nitrogens with zero attached hydrogens (tertiary/aromatic N) is 3. The Morgan fingerprint density at radius 1 is 1.11 bits per heavy atom. The lowest BCUT2D eigenvalue weighted by molar-refractivity contribution is 0.0560. The van der Waals surface area contributed by atoms with Gasteiger partial charge in [0.15, 0.2) is 5.58 Å². The maximum Gasteiger partial charge on any atom is 0.255 e. The number of para-hydroxylation sites is 2. The molecule has 5 nitrogen and oxygen atoms in total. The molecule has 0 bridgehead atoms. The summed E-state index contributed by atoms with van der Waals surface area (Å²) in [6.07, 6.45) is 0. The van der Waals surface area contributed by atoms with Gasteiger partial charge in [-0.15, -0.1) is 0 Å². The number of carbonyl (C=O) groups is 1. The van der Waals surface area contributed by atoms with Gasteiger partial charge < -0.3 is 9.32 Å². The Kier molecular flexibility index (Phi) is 5.08. The smallest absolute Gasteiger partial charge is 0.255 e. The molecule has 0 radical (unpaired) electrons. The predicted octanol–water partition coefficient (Wildman–Crippen LogP) is 4.65. The number of benzene rings is 2. The Hall–Kier alpha value is -2.08. The summed E-state index contributed by atoms with van der Waals surface area (Å²) in [6, 6.07) is 12.8. The molecule has 4 rings (SSSR count). The third kappa shape index (κ3) is 3.68. The van der Waals surface area contributed by atoms with E-state index in [0.717, 1.165) is 24.2 Å². The van der Waals surface area contributed by atoms with Crippen LogP contribution in [0.15, 0.2) is 46.9 Å². The minimum absolute atomic E-state index is 0.0498. The van der Waals surface area contributed by atoms with E-state index in [1.54, 1.807) is 18.2 Å². The molecule has 0 spiro atoms. The molecule has 1 aromatic heterocycles. The minimum Gasteiger partial charge on any atom is -0.439 e. The van der Waals surface area contributed by atoms with E-state index < -0.39 is 0 Å². The van der Waals surface area contributed by atoms with Gasteiger partial charge in [-0.25, -0.2) is 4.98 Å². The lowest BCUT2D eigenvalue weighted by Gasteiger charge is -2.37. The number of aromatic nitrogens is 1. The number of carbonyl (C=O) groups excluding carboxylic acids is 1. The molecule has 1 aliphatic rings. The topological polar surface area (TPSA) is 49.6 Å². The quantitative estimate of drug-likeness (QED) is 0.638. The maximum absolute atomic E-state index is 12.7. The fraction of sp³-hybridized carbons (Fsp3) is 0.300. The summed E-state index contributed by atoms with van der Waals surface area (Å²) >= 11 is 12.1. The van der Waals surface area contributed by atoms with Crippen molar-refractivity contribution in [3.8, 4) is 0 Å². The molecule has 0 N–H and O–H groups in total. The van der Waals surface area contributed by atoms with Crippen molar-refractivity contribution in [3.05, 3.63) is 64.0 Å². The first kappa shape index (κ1) is 18.3. The zero-order valence-electron chi connectivity index (χ0n) is 14.9. The van der Waals surface area contributed by atoms with Gasteiger partial charge in [0.2, 0.25) is 5.89 Å². The number of halogens is 2. The van der Waals surface area contributed by atoms with Crippen molar-refractivity contribution in [1.82, 2.24) is 14.8 Å². The Bertz CT molecular complexity index is 947. The number of hydrogen-bond donors (Lipinski definition) is 0. The third-order valence-corrected chi connectivity index (χ3v) is 5.53. The Balaban J connectivity index is 1.42. The van der Waals surface area contributed by atoms with E-state index in [9.17, 15) is 4.79 Å². The van der Waals surface area contributed by atoms with E-state index in [1.165, 1.54) is 0 Å². The molecule has 1 aliphatic heterocycles. The first-order valence-electron chi connectivity index (χ1n) is 8.87. The fourth-order valence-corrected chi connectivity index (χ4v) is 3.86. The van der Waals surface area contributed by atoms with Crippen LogP contribution < -0.4 is 0 Å². The second-order valence-electron chi connectivity index (χ2n) is 6.65. The van der Waals surface area contributed by atoms with Gasteiger partial charge in [-0.3, -0.25) is 9.69 Å². The normalized spacial score (nSPS) is 16.6.